The smallest absolute Gasteiger partial charge is 0.0480 e. The first-order valence-corrected chi connectivity index (χ1v) is 7.14. The molecule has 0 spiro atoms. The zero-order valence-electron chi connectivity index (χ0n) is 10.3. The molecule has 0 aromatic heterocycles. The van der Waals surface area contributed by atoms with Crippen LogP contribution < -0.4 is 5.32 Å². The highest BCUT2D eigenvalue weighted by atomic mass is 79.9. The molecule has 1 heterocycles. The van der Waals surface area contributed by atoms with Gasteiger partial charge < -0.3 is 10.1 Å². The summed E-state index contributed by atoms with van der Waals surface area (Å²) < 4.78 is 6.63. The minimum absolute atomic E-state index is 0.399. The average Bonchev–Trinajstić information content (AvgIpc) is 2.57. The number of rotatable bonds is 3. The van der Waals surface area contributed by atoms with E-state index in [0.29, 0.717) is 12.1 Å². The van der Waals surface area contributed by atoms with Crippen molar-refractivity contribution in [3.8, 4) is 0 Å². The van der Waals surface area contributed by atoms with Gasteiger partial charge in [-0.1, -0.05) is 28.1 Å². The molecule has 1 aromatic carbocycles. The van der Waals surface area contributed by atoms with Crippen molar-refractivity contribution in [1.82, 2.24) is 5.32 Å². The van der Waals surface area contributed by atoms with Gasteiger partial charge in [0.05, 0.1) is 0 Å². The van der Waals surface area contributed by atoms with E-state index >= 15 is 0 Å². The maximum atomic E-state index is 5.48. The van der Waals surface area contributed by atoms with Crippen LogP contribution in [0.5, 0.6) is 0 Å². The molecule has 2 atom stereocenters. The fraction of sp³-hybridized carbons (Fsp3) is 0.571. The van der Waals surface area contributed by atoms with E-state index in [-0.39, 0.29) is 0 Å². The van der Waals surface area contributed by atoms with Crippen molar-refractivity contribution in [1.29, 1.82) is 0 Å². The van der Waals surface area contributed by atoms with Crippen LogP contribution in [0, 0.1) is 0 Å². The molecule has 1 N–H and O–H groups in total. The first-order valence-electron chi connectivity index (χ1n) is 6.35. The van der Waals surface area contributed by atoms with Crippen molar-refractivity contribution in [3.63, 3.8) is 0 Å². The predicted octanol–water partition coefficient (Wildman–Crippen LogP) is 3.67. The van der Waals surface area contributed by atoms with Gasteiger partial charge in [0.25, 0.3) is 0 Å². The molecule has 0 aliphatic carbocycles. The summed E-state index contributed by atoms with van der Waals surface area (Å²) in [4.78, 5) is 0. The van der Waals surface area contributed by atoms with E-state index in [1.54, 1.807) is 0 Å². The predicted molar refractivity (Wildman–Crippen MR) is 74.2 cm³/mol. The lowest BCUT2D eigenvalue weighted by atomic mass is 10.0. The highest BCUT2D eigenvalue weighted by Crippen LogP contribution is 2.20. The fourth-order valence-electron chi connectivity index (χ4n) is 2.30. The van der Waals surface area contributed by atoms with Gasteiger partial charge in [-0.25, -0.2) is 0 Å². The van der Waals surface area contributed by atoms with E-state index in [4.69, 9.17) is 4.74 Å². The van der Waals surface area contributed by atoms with Gasteiger partial charge in [-0.15, -0.1) is 0 Å². The number of ether oxygens (including phenoxy) is 1. The van der Waals surface area contributed by atoms with Crippen LogP contribution in [0.2, 0.25) is 0 Å². The monoisotopic (exact) mass is 297 g/mol. The van der Waals surface area contributed by atoms with Crippen LogP contribution in [-0.2, 0) is 4.74 Å². The van der Waals surface area contributed by atoms with Crippen LogP contribution in [0.15, 0.2) is 28.7 Å². The summed E-state index contributed by atoms with van der Waals surface area (Å²) >= 11 is 3.52. The molecule has 1 saturated heterocycles. The first kappa shape index (κ1) is 13.1. The van der Waals surface area contributed by atoms with Crippen LogP contribution >= 0.6 is 15.9 Å². The number of hydrogen-bond donors (Lipinski definition) is 1. The summed E-state index contributed by atoms with van der Waals surface area (Å²) in [6, 6.07) is 9.51. The van der Waals surface area contributed by atoms with Gasteiger partial charge >= 0.3 is 0 Å². The van der Waals surface area contributed by atoms with E-state index in [1.165, 1.54) is 18.4 Å². The molecule has 0 radical (unpaired) electrons. The third-order valence-electron chi connectivity index (χ3n) is 3.29. The molecular weight excluding hydrogens is 278 g/mol. The zero-order valence-corrected chi connectivity index (χ0v) is 11.9. The van der Waals surface area contributed by atoms with Crippen molar-refractivity contribution >= 4 is 15.9 Å². The molecule has 1 fully saturated rings. The van der Waals surface area contributed by atoms with Crippen LogP contribution in [-0.4, -0.2) is 19.3 Å². The molecule has 1 aliphatic rings. The van der Waals surface area contributed by atoms with E-state index in [2.05, 4.69) is 52.4 Å². The van der Waals surface area contributed by atoms with Crippen molar-refractivity contribution < 1.29 is 4.74 Å². The molecule has 3 heteroatoms. The minimum Gasteiger partial charge on any atom is -0.381 e. The van der Waals surface area contributed by atoms with Gasteiger partial charge in [0.15, 0.2) is 0 Å². The van der Waals surface area contributed by atoms with Gasteiger partial charge in [-0.05, 0) is 43.9 Å². The summed E-state index contributed by atoms with van der Waals surface area (Å²) in [6.07, 6.45) is 3.51. The van der Waals surface area contributed by atoms with Crippen LogP contribution in [0.4, 0.5) is 0 Å². The summed E-state index contributed by atoms with van der Waals surface area (Å²) in [5, 5.41) is 3.70. The molecule has 17 heavy (non-hydrogen) atoms. The highest BCUT2D eigenvalue weighted by Gasteiger charge is 2.15. The zero-order chi connectivity index (χ0) is 12.1. The van der Waals surface area contributed by atoms with Crippen molar-refractivity contribution in [2.24, 2.45) is 0 Å². The summed E-state index contributed by atoms with van der Waals surface area (Å²) in [5.74, 6) is 0. The van der Waals surface area contributed by atoms with Crippen molar-refractivity contribution in [2.45, 2.75) is 38.3 Å². The molecule has 2 nitrogen and oxygen atoms in total. The second kappa shape index (κ2) is 6.53. The summed E-state index contributed by atoms with van der Waals surface area (Å²) in [7, 11) is 0. The van der Waals surface area contributed by atoms with Crippen LogP contribution in [0.3, 0.4) is 0 Å². The number of hydrogen-bond acceptors (Lipinski definition) is 2. The normalized spacial score (nSPS) is 23.1. The van der Waals surface area contributed by atoms with E-state index in [9.17, 15) is 0 Å². The highest BCUT2D eigenvalue weighted by molar-refractivity contribution is 9.10. The topological polar surface area (TPSA) is 21.3 Å². The molecule has 0 saturated carbocycles. The lowest BCUT2D eigenvalue weighted by molar-refractivity contribution is 0.142. The molecule has 94 valence electrons. The molecule has 0 bridgehead atoms. The first-order chi connectivity index (χ1) is 8.25. The van der Waals surface area contributed by atoms with Gasteiger partial charge in [-0.3, -0.25) is 0 Å². The summed E-state index contributed by atoms with van der Waals surface area (Å²) in [6.45, 7) is 4.04. The Hall–Kier alpha value is -0.380. The fourth-order valence-corrected chi connectivity index (χ4v) is 2.71. The Labute approximate surface area is 112 Å². The van der Waals surface area contributed by atoms with Crippen LogP contribution in [0.25, 0.3) is 0 Å². The number of halogens is 1. The molecule has 2 rings (SSSR count). The lowest BCUT2D eigenvalue weighted by Gasteiger charge is -2.22. The second-order valence-corrected chi connectivity index (χ2v) is 5.60. The molecule has 0 amide bonds. The molecule has 1 aliphatic heterocycles. The third kappa shape index (κ3) is 4.09. The Bertz CT molecular complexity index is 348. The second-order valence-electron chi connectivity index (χ2n) is 4.68. The SMILES string of the molecule is CC(NC1CCCOCC1)c1cccc(Br)c1. The summed E-state index contributed by atoms with van der Waals surface area (Å²) in [5.41, 5.74) is 1.34. The van der Waals surface area contributed by atoms with Crippen molar-refractivity contribution in [3.05, 3.63) is 34.3 Å². The Morgan fingerprint density at radius 2 is 2.24 bits per heavy atom. The Morgan fingerprint density at radius 3 is 3.06 bits per heavy atom. The van der Waals surface area contributed by atoms with Crippen LogP contribution in [0.1, 0.15) is 37.8 Å². The lowest BCUT2D eigenvalue weighted by Crippen LogP contribution is -2.31. The van der Waals surface area contributed by atoms with Gasteiger partial charge in [-0.2, -0.15) is 0 Å². The Morgan fingerprint density at radius 1 is 1.35 bits per heavy atom. The van der Waals surface area contributed by atoms with Gasteiger partial charge in [0.1, 0.15) is 0 Å². The molecular formula is C14H20BrNO. The molecule has 2 unspecified atom stereocenters. The van der Waals surface area contributed by atoms with E-state index < -0.39 is 0 Å². The minimum atomic E-state index is 0.399. The van der Waals surface area contributed by atoms with Gasteiger partial charge in [0.2, 0.25) is 0 Å². The quantitative estimate of drug-likeness (QED) is 0.919. The van der Waals surface area contributed by atoms with E-state index in [1.807, 2.05) is 0 Å². The maximum Gasteiger partial charge on any atom is 0.0480 e. The van der Waals surface area contributed by atoms with E-state index in [0.717, 1.165) is 24.1 Å². The number of benzene rings is 1. The Balaban J connectivity index is 1.93. The third-order valence-corrected chi connectivity index (χ3v) is 3.78. The largest absolute Gasteiger partial charge is 0.381 e. The number of nitrogens with one attached hydrogen (secondary N) is 1. The Kier molecular flexibility index (Phi) is 5.01. The van der Waals surface area contributed by atoms with Crippen molar-refractivity contribution in [2.75, 3.05) is 13.2 Å². The molecule has 1 aromatic rings. The standard InChI is InChI=1S/C14H20BrNO/c1-11(12-4-2-5-13(15)10-12)16-14-6-3-8-17-9-7-14/h2,4-5,10-11,14,16H,3,6-9H2,1H3. The van der Waals surface area contributed by atoms with Gasteiger partial charge in [0, 0.05) is 29.8 Å². The maximum absolute atomic E-state index is 5.48. The average molecular weight is 298 g/mol.